The summed E-state index contributed by atoms with van der Waals surface area (Å²) < 4.78 is 5.76. The van der Waals surface area contributed by atoms with E-state index < -0.39 is 12.0 Å². The molecule has 1 atom stereocenters. The predicted octanol–water partition coefficient (Wildman–Crippen LogP) is 6.50. The van der Waals surface area contributed by atoms with Gasteiger partial charge in [0, 0.05) is 47.7 Å². The molecule has 0 bridgehead atoms. The van der Waals surface area contributed by atoms with Crippen LogP contribution in [0.1, 0.15) is 30.5 Å². The van der Waals surface area contributed by atoms with Gasteiger partial charge in [-0.3, -0.25) is 14.8 Å². The lowest BCUT2D eigenvalue weighted by atomic mass is 9.97. The Morgan fingerprint density at radius 1 is 1.03 bits per heavy atom. The molecule has 1 N–H and O–H groups in total. The molecule has 32 heavy (non-hydrogen) atoms. The van der Waals surface area contributed by atoms with Crippen molar-refractivity contribution in [3.8, 4) is 5.75 Å². The van der Waals surface area contributed by atoms with E-state index in [2.05, 4.69) is 20.3 Å². The molecule has 162 valence electrons. The molecule has 6 nitrogen and oxygen atoms in total. The van der Waals surface area contributed by atoms with Crippen molar-refractivity contribution in [2.24, 2.45) is 0 Å². The third-order valence-electron chi connectivity index (χ3n) is 4.77. The number of rotatable bonds is 6. The molecule has 0 spiro atoms. The molecule has 0 fully saturated rings. The number of carbonyl (C=O) groups excluding carboxylic acids is 1. The number of nitrogens with one attached hydrogen (secondary N) is 1. The first kappa shape index (κ1) is 22.3. The Hall–Kier alpha value is -2.93. The number of hydrogen-bond donors (Lipinski definition) is 1. The summed E-state index contributed by atoms with van der Waals surface area (Å²) >= 11 is 19.4. The van der Waals surface area contributed by atoms with Crippen molar-refractivity contribution in [1.29, 1.82) is 0 Å². The van der Waals surface area contributed by atoms with Gasteiger partial charge in [-0.25, -0.2) is 4.98 Å². The summed E-state index contributed by atoms with van der Waals surface area (Å²) in [6.07, 6.45) is 6.51. The van der Waals surface area contributed by atoms with E-state index in [1.807, 2.05) is 12.1 Å². The number of aromatic nitrogens is 3. The lowest BCUT2D eigenvalue weighted by molar-refractivity contribution is -0.133. The first-order valence-corrected chi connectivity index (χ1v) is 10.9. The van der Waals surface area contributed by atoms with Gasteiger partial charge >= 0.3 is 5.97 Å². The van der Waals surface area contributed by atoms with E-state index in [9.17, 15) is 4.79 Å². The summed E-state index contributed by atoms with van der Waals surface area (Å²) in [5.41, 5.74) is 1.56. The van der Waals surface area contributed by atoms with Crippen molar-refractivity contribution in [2.45, 2.75) is 19.4 Å². The molecular weight excluding hydrogens is 471 g/mol. The Kier molecular flexibility index (Phi) is 6.74. The van der Waals surface area contributed by atoms with E-state index >= 15 is 0 Å². The molecule has 0 radical (unpaired) electrons. The Labute approximate surface area is 199 Å². The van der Waals surface area contributed by atoms with Gasteiger partial charge in [0.15, 0.2) is 5.75 Å². The van der Waals surface area contributed by atoms with Crippen molar-refractivity contribution in [3.05, 3.63) is 87.4 Å². The highest BCUT2D eigenvalue weighted by Gasteiger charge is 2.27. The van der Waals surface area contributed by atoms with Gasteiger partial charge in [-0.05, 0) is 30.3 Å². The van der Waals surface area contributed by atoms with Crippen molar-refractivity contribution in [3.63, 3.8) is 0 Å². The van der Waals surface area contributed by atoms with E-state index in [1.165, 1.54) is 6.20 Å². The van der Waals surface area contributed by atoms with Gasteiger partial charge in [-0.2, -0.15) is 0 Å². The number of nitrogens with zero attached hydrogens (tertiary/aromatic N) is 3. The Bertz CT molecular complexity index is 1290. The Morgan fingerprint density at radius 3 is 2.59 bits per heavy atom. The Morgan fingerprint density at radius 2 is 1.84 bits per heavy atom. The molecule has 0 saturated carbocycles. The van der Waals surface area contributed by atoms with Crippen LogP contribution in [0, 0.1) is 0 Å². The zero-order valence-corrected chi connectivity index (χ0v) is 19.1. The maximum Gasteiger partial charge on any atom is 0.310 e. The molecular formula is C23H17Cl3N4O2. The standard InChI is InChI=1S/C23H17Cl3N4O2/c1-2-19(31)32-23-14(10-16(24)13-6-5-9-29-22(13)23)21(30-18-7-3-4-8-28-18)15-11-27-12-17(25)20(15)26/h3-12,21H,2H2,1H3,(H,28,30). The average molecular weight is 488 g/mol. The van der Waals surface area contributed by atoms with E-state index in [-0.39, 0.29) is 17.2 Å². The number of benzene rings is 1. The number of ether oxygens (including phenoxy) is 1. The van der Waals surface area contributed by atoms with Crippen LogP contribution in [0.3, 0.4) is 0 Å². The molecule has 0 saturated heterocycles. The summed E-state index contributed by atoms with van der Waals surface area (Å²) in [4.78, 5) is 25.3. The number of esters is 1. The highest BCUT2D eigenvalue weighted by atomic mass is 35.5. The maximum atomic E-state index is 12.3. The summed E-state index contributed by atoms with van der Waals surface area (Å²) in [5.74, 6) is 0.437. The topological polar surface area (TPSA) is 77.0 Å². The smallest absolute Gasteiger partial charge is 0.310 e. The van der Waals surface area contributed by atoms with Gasteiger partial charge in [-0.15, -0.1) is 0 Å². The van der Waals surface area contributed by atoms with Gasteiger partial charge in [0.25, 0.3) is 0 Å². The maximum absolute atomic E-state index is 12.3. The molecule has 9 heteroatoms. The summed E-state index contributed by atoms with van der Waals surface area (Å²) in [7, 11) is 0. The van der Waals surface area contributed by atoms with Crippen LogP contribution in [0.15, 0.2) is 61.2 Å². The summed E-state index contributed by atoms with van der Waals surface area (Å²) in [6.45, 7) is 1.72. The van der Waals surface area contributed by atoms with Crippen molar-refractivity contribution in [2.75, 3.05) is 5.32 Å². The summed E-state index contributed by atoms with van der Waals surface area (Å²) in [5, 5.41) is 5.02. The number of carbonyl (C=O) groups is 1. The van der Waals surface area contributed by atoms with Gasteiger partial charge in [-0.1, -0.05) is 47.8 Å². The average Bonchev–Trinajstić information content (AvgIpc) is 2.82. The number of fused-ring (bicyclic) bond motifs is 1. The van der Waals surface area contributed by atoms with Crippen LogP contribution in [0.25, 0.3) is 10.9 Å². The first-order valence-electron chi connectivity index (χ1n) is 9.73. The highest BCUT2D eigenvalue weighted by Crippen LogP contribution is 2.42. The highest BCUT2D eigenvalue weighted by molar-refractivity contribution is 6.42. The number of hydrogen-bond acceptors (Lipinski definition) is 6. The fourth-order valence-electron chi connectivity index (χ4n) is 3.26. The normalized spacial score (nSPS) is 11.9. The van der Waals surface area contributed by atoms with E-state index in [0.29, 0.717) is 37.9 Å². The van der Waals surface area contributed by atoms with Crippen LogP contribution in [0.4, 0.5) is 5.82 Å². The quantitative estimate of drug-likeness (QED) is 0.247. The first-order chi connectivity index (χ1) is 15.5. The molecule has 0 aliphatic heterocycles. The lowest BCUT2D eigenvalue weighted by Gasteiger charge is -2.24. The third kappa shape index (κ3) is 4.48. The molecule has 3 aromatic heterocycles. The van der Waals surface area contributed by atoms with Gasteiger partial charge in [0.05, 0.1) is 21.1 Å². The van der Waals surface area contributed by atoms with Crippen LogP contribution < -0.4 is 10.1 Å². The zero-order chi connectivity index (χ0) is 22.7. The van der Waals surface area contributed by atoms with Crippen molar-refractivity contribution in [1.82, 2.24) is 15.0 Å². The van der Waals surface area contributed by atoms with Crippen LogP contribution in [0.2, 0.25) is 15.1 Å². The van der Waals surface area contributed by atoms with Gasteiger partial charge in [0.1, 0.15) is 11.3 Å². The zero-order valence-electron chi connectivity index (χ0n) is 16.8. The van der Waals surface area contributed by atoms with Crippen LogP contribution in [-0.2, 0) is 4.79 Å². The van der Waals surface area contributed by atoms with Crippen LogP contribution >= 0.6 is 34.8 Å². The lowest BCUT2D eigenvalue weighted by Crippen LogP contribution is -2.17. The van der Waals surface area contributed by atoms with E-state index in [0.717, 1.165) is 0 Å². The Balaban J connectivity index is 1.99. The molecule has 0 amide bonds. The molecule has 3 heterocycles. The molecule has 1 aromatic carbocycles. The monoisotopic (exact) mass is 486 g/mol. The van der Waals surface area contributed by atoms with Gasteiger partial charge < -0.3 is 10.1 Å². The van der Waals surface area contributed by atoms with Crippen molar-refractivity contribution >= 4 is 57.5 Å². The minimum absolute atomic E-state index is 0.189. The second-order valence-electron chi connectivity index (χ2n) is 6.82. The summed E-state index contributed by atoms with van der Waals surface area (Å²) in [6, 6.07) is 10.1. The molecule has 4 aromatic rings. The largest absolute Gasteiger partial charge is 0.424 e. The van der Waals surface area contributed by atoms with E-state index in [4.69, 9.17) is 39.5 Å². The molecule has 0 aliphatic rings. The minimum atomic E-state index is -0.646. The minimum Gasteiger partial charge on any atom is -0.424 e. The van der Waals surface area contributed by atoms with E-state index in [1.54, 1.807) is 49.8 Å². The third-order valence-corrected chi connectivity index (χ3v) is 5.89. The fourth-order valence-corrected chi connectivity index (χ4v) is 3.90. The second kappa shape index (κ2) is 9.69. The molecule has 1 unspecified atom stereocenters. The molecule has 4 rings (SSSR count). The van der Waals surface area contributed by atoms with Gasteiger partial charge in [0.2, 0.25) is 0 Å². The number of halogens is 3. The fraction of sp³-hybridized carbons (Fsp3) is 0.130. The predicted molar refractivity (Wildman–Crippen MR) is 127 cm³/mol. The number of anilines is 1. The van der Waals surface area contributed by atoms with Crippen LogP contribution in [-0.4, -0.2) is 20.9 Å². The molecule has 0 aliphatic carbocycles. The SMILES string of the molecule is CCC(=O)Oc1c(C(Nc2ccccn2)c2cncc(Cl)c2Cl)cc(Cl)c2cccnc12. The number of pyridine rings is 3. The van der Waals surface area contributed by atoms with Crippen molar-refractivity contribution < 1.29 is 9.53 Å². The van der Waals surface area contributed by atoms with Crippen LogP contribution in [0.5, 0.6) is 5.75 Å². The second-order valence-corrected chi connectivity index (χ2v) is 8.01.